The number of hydrogen-bond donors (Lipinski definition) is 1. The zero-order valence-corrected chi connectivity index (χ0v) is 9.69. The van der Waals surface area contributed by atoms with E-state index in [1.54, 1.807) is 0 Å². The van der Waals surface area contributed by atoms with Crippen LogP contribution >= 0.6 is 12.2 Å². The summed E-state index contributed by atoms with van der Waals surface area (Å²) in [4.78, 5) is 3.07. The fraction of sp³-hybridized carbons (Fsp3) is 0.700. The van der Waals surface area contributed by atoms with Crippen LogP contribution in [0.15, 0.2) is 6.20 Å². The predicted molar refractivity (Wildman–Crippen MR) is 60.1 cm³/mol. The van der Waals surface area contributed by atoms with Crippen LogP contribution in [-0.2, 0) is 17.7 Å². The average molecular weight is 214 g/mol. The lowest BCUT2D eigenvalue weighted by atomic mass is 10.3. The van der Waals surface area contributed by atoms with Crippen molar-refractivity contribution in [1.29, 1.82) is 0 Å². The molecule has 0 bridgehead atoms. The van der Waals surface area contributed by atoms with Crippen LogP contribution in [0.5, 0.6) is 0 Å². The second kappa shape index (κ2) is 5.98. The van der Waals surface area contributed by atoms with Crippen molar-refractivity contribution in [2.24, 2.45) is 0 Å². The molecule has 80 valence electrons. The van der Waals surface area contributed by atoms with Gasteiger partial charge in [0.2, 0.25) is 0 Å². The van der Waals surface area contributed by atoms with Crippen molar-refractivity contribution >= 4 is 12.2 Å². The largest absolute Gasteiger partial charge is 0.382 e. The molecule has 0 aliphatic rings. The van der Waals surface area contributed by atoms with E-state index in [9.17, 15) is 0 Å². The number of H-pyrrole nitrogens is 1. The van der Waals surface area contributed by atoms with Gasteiger partial charge < -0.3 is 14.3 Å². The van der Waals surface area contributed by atoms with Gasteiger partial charge in [-0.05, 0) is 32.0 Å². The number of nitrogens with zero attached hydrogens (tertiary/aromatic N) is 1. The summed E-state index contributed by atoms with van der Waals surface area (Å²) in [5, 5.41) is 0. The number of nitrogens with one attached hydrogen (secondary N) is 1. The summed E-state index contributed by atoms with van der Waals surface area (Å²) in [6.07, 6.45) is 4.03. The molecule has 0 aromatic carbocycles. The number of hydrogen-bond acceptors (Lipinski definition) is 2. The van der Waals surface area contributed by atoms with Crippen molar-refractivity contribution in [2.75, 3.05) is 13.2 Å². The van der Waals surface area contributed by atoms with Crippen molar-refractivity contribution in [3.63, 3.8) is 0 Å². The Hall–Kier alpha value is -0.610. The minimum Gasteiger partial charge on any atom is -0.382 e. The van der Waals surface area contributed by atoms with E-state index in [2.05, 4.69) is 16.5 Å². The van der Waals surface area contributed by atoms with E-state index in [4.69, 9.17) is 17.0 Å². The van der Waals surface area contributed by atoms with E-state index in [1.807, 2.05) is 13.1 Å². The molecule has 1 aromatic rings. The van der Waals surface area contributed by atoms with Crippen LogP contribution < -0.4 is 0 Å². The van der Waals surface area contributed by atoms with Gasteiger partial charge in [-0.15, -0.1) is 0 Å². The molecule has 0 saturated carbocycles. The van der Waals surface area contributed by atoms with Gasteiger partial charge in [-0.25, -0.2) is 0 Å². The minimum atomic E-state index is 0.791. The van der Waals surface area contributed by atoms with Crippen molar-refractivity contribution in [3.05, 3.63) is 16.7 Å². The molecule has 1 rings (SSSR count). The van der Waals surface area contributed by atoms with Gasteiger partial charge in [0, 0.05) is 31.6 Å². The summed E-state index contributed by atoms with van der Waals surface area (Å²) in [6, 6.07) is 0. The summed E-state index contributed by atoms with van der Waals surface area (Å²) in [7, 11) is 0. The molecule has 0 amide bonds. The monoisotopic (exact) mass is 214 g/mol. The van der Waals surface area contributed by atoms with Crippen LogP contribution in [-0.4, -0.2) is 22.8 Å². The second-order valence-electron chi connectivity index (χ2n) is 3.14. The van der Waals surface area contributed by atoms with Crippen LogP contribution in [0.2, 0.25) is 0 Å². The zero-order chi connectivity index (χ0) is 10.4. The van der Waals surface area contributed by atoms with Gasteiger partial charge >= 0.3 is 0 Å². The van der Waals surface area contributed by atoms with Crippen LogP contribution in [0.4, 0.5) is 0 Å². The van der Waals surface area contributed by atoms with E-state index < -0.39 is 0 Å². The standard InChI is InChI=1S/C10H18N2OS/c1-3-9-8-11-10(14)12(9)6-5-7-13-4-2/h8H,3-7H2,1-2H3,(H,11,14). The topological polar surface area (TPSA) is 29.9 Å². The molecule has 1 N–H and O–H groups in total. The maximum Gasteiger partial charge on any atom is 0.177 e. The Morgan fingerprint density at radius 2 is 2.29 bits per heavy atom. The molecule has 0 aliphatic carbocycles. The van der Waals surface area contributed by atoms with E-state index in [0.717, 1.165) is 37.4 Å². The molecule has 0 spiro atoms. The Morgan fingerprint density at radius 3 is 2.93 bits per heavy atom. The zero-order valence-electron chi connectivity index (χ0n) is 8.88. The second-order valence-corrected chi connectivity index (χ2v) is 3.53. The summed E-state index contributed by atoms with van der Waals surface area (Å²) in [5.41, 5.74) is 1.27. The number of aryl methyl sites for hydroxylation is 1. The summed E-state index contributed by atoms with van der Waals surface area (Å²) >= 11 is 5.18. The van der Waals surface area contributed by atoms with Gasteiger partial charge in [-0.1, -0.05) is 6.92 Å². The highest BCUT2D eigenvalue weighted by Gasteiger charge is 2.00. The number of rotatable bonds is 6. The predicted octanol–water partition coefficient (Wildman–Crippen LogP) is 2.53. The molecule has 14 heavy (non-hydrogen) atoms. The van der Waals surface area contributed by atoms with Gasteiger partial charge in [0.25, 0.3) is 0 Å². The first kappa shape index (κ1) is 11.5. The molecule has 1 aromatic heterocycles. The molecule has 0 unspecified atom stereocenters. The van der Waals surface area contributed by atoms with Gasteiger partial charge in [0.15, 0.2) is 4.77 Å². The highest BCUT2D eigenvalue weighted by atomic mass is 32.1. The first-order valence-electron chi connectivity index (χ1n) is 5.14. The van der Waals surface area contributed by atoms with E-state index in [1.165, 1.54) is 5.69 Å². The Morgan fingerprint density at radius 1 is 1.50 bits per heavy atom. The van der Waals surface area contributed by atoms with Gasteiger partial charge in [0.05, 0.1) is 0 Å². The fourth-order valence-electron chi connectivity index (χ4n) is 1.44. The number of aromatic amines is 1. The number of ether oxygens (including phenoxy) is 1. The molecular formula is C10H18N2OS. The van der Waals surface area contributed by atoms with Gasteiger partial charge in [-0.2, -0.15) is 0 Å². The molecule has 1 heterocycles. The Kier molecular flexibility index (Phi) is 4.90. The minimum absolute atomic E-state index is 0.791. The summed E-state index contributed by atoms with van der Waals surface area (Å²) < 4.78 is 8.25. The van der Waals surface area contributed by atoms with Crippen molar-refractivity contribution in [1.82, 2.24) is 9.55 Å². The summed E-state index contributed by atoms with van der Waals surface area (Å²) in [5.74, 6) is 0. The third kappa shape index (κ3) is 2.96. The lowest BCUT2D eigenvalue weighted by Gasteiger charge is -2.06. The molecular weight excluding hydrogens is 196 g/mol. The maximum absolute atomic E-state index is 5.29. The summed E-state index contributed by atoms with van der Waals surface area (Å²) in [6.45, 7) is 6.70. The van der Waals surface area contributed by atoms with Crippen molar-refractivity contribution in [3.8, 4) is 0 Å². The third-order valence-electron chi connectivity index (χ3n) is 2.19. The van der Waals surface area contributed by atoms with Crippen LogP contribution in [0.25, 0.3) is 0 Å². The molecule has 3 nitrogen and oxygen atoms in total. The van der Waals surface area contributed by atoms with E-state index in [0.29, 0.717) is 0 Å². The highest BCUT2D eigenvalue weighted by Crippen LogP contribution is 2.03. The smallest absolute Gasteiger partial charge is 0.177 e. The number of imidazole rings is 1. The third-order valence-corrected chi connectivity index (χ3v) is 2.53. The van der Waals surface area contributed by atoms with E-state index >= 15 is 0 Å². The van der Waals surface area contributed by atoms with Crippen LogP contribution in [0.3, 0.4) is 0 Å². The molecule has 0 aliphatic heterocycles. The molecule has 0 saturated heterocycles. The highest BCUT2D eigenvalue weighted by molar-refractivity contribution is 7.71. The lowest BCUT2D eigenvalue weighted by molar-refractivity contribution is 0.141. The molecule has 0 atom stereocenters. The van der Waals surface area contributed by atoms with Crippen molar-refractivity contribution in [2.45, 2.75) is 33.2 Å². The Labute approximate surface area is 90.1 Å². The first-order chi connectivity index (χ1) is 6.79. The fourth-order valence-corrected chi connectivity index (χ4v) is 1.71. The van der Waals surface area contributed by atoms with Crippen LogP contribution in [0.1, 0.15) is 26.0 Å². The lowest BCUT2D eigenvalue weighted by Crippen LogP contribution is -2.05. The van der Waals surface area contributed by atoms with E-state index in [-0.39, 0.29) is 0 Å². The Balaban J connectivity index is 2.48. The van der Waals surface area contributed by atoms with Gasteiger partial charge in [-0.3, -0.25) is 0 Å². The molecule has 0 radical (unpaired) electrons. The van der Waals surface area contributed by atoms with Gasteiger partial charge in [0.1, 0.15) is 0 Å². The maximum atomic E-state index is 5.29. The number of aromatic nitrogens is 2. The van der Waals surface area contributed by atoms with Crippen molar-refractivity contribution < 1.29 is 4.74 Å². The Bertz CT molecular complexity index is 316. The quantitative estimate of drug-likeness (QED) is 0.582. The molecule has 4 heteroatoms. The average Bonchev–Trinajstić information content (AvgIpc) is 2.55. The molecule has 0 fully saturated rings. The SMILES string of the molecule is CCOCCCn1c(CC)c[nH]c1=S. The normalized spacial score (nSPS) is 10.7. The first-order valence-corrected chi connectivity index (χ1v) is 5.55. The van der Waals surface area contributed by atoms with Crippen LogP contribution in [0, 0.1) is 4.77 Å².